The smallest absolute Gasteiger partial charge is 0.145 e. The summed E-state index contributed by atoms with van der Waals surface area (Å²) in [5.74, 6) is 0.801. The van der Waals surface area contributed by atoms with Gasteiger partial charge in [0.05, 0.1) is 17.1 Å². The first-order valence-electron chi connectivity index (χ1n) is 7.85. The zero-order valence-corrected chi connectivity index (χ0v) is 16.1. The van der Waals surface area contributed by atoms with Gasteiger partial charge in [0.15, 0.2) is 0 Å². The summed E-state index contributed by atoms with van der Waals surface area (Å²) < 4.78 is 29.6. The molecule has 0 N–H and O–H groups in total. The fourth-order valence-corrected chi connectivity index (χ4v) is 3.85. The molecule has 23 heavy (non-hydrogen) atoms. The topological polar surface area (TPSA) is 47.9 Å². The van der Waals surface area contributed by atoms with Gasteiger partial charge in [-0.15, -0.1) is 0 Å². The fourth-order valence-electron chi connectivity index (χ4n) is 2.85. The van der Waals surface area contributed by atoms with Crippen molar-refractivity contribution < 1.29 is 13.7 Å². The molecule has 0 saturated carbocycles. The highest BCUT2D eigenvalue weighted by Gasteiger charge is 2.41. The molecule has 2 atom stereocenters. The molecule has 3 rings (SSSR count). The lowest BCUT2D eigenvalue weighted by Crippen LogP contribution is -2.48. The number of nitrogens with zero attached hydrogens (tertiary/aromatic N) is 1. The molecule has 1 spiro atoms. The standard InChI is InChI=1S/C17H22BrNO3S/c1-16(2,3)23(20)19-14-10-17(7-4-8-21-11-17)22-15-6-5-12(18)9-13(14)15/h5-6,9H,4,7-8,10-11H2,1-3H3/t17?,23-/m1/s1. The van der Waals surface area contributed by atoms with Crippen molar-refractivity contribution in [1.82, 2.24) is 0 Å². The third-order valence-corrected chi connectivity index (χ3v) is 6.00. The summed E-state index contributed by atoms with van der Waals surface area (Å²) >= 11 is 3.50. The Hall–Kier alpha value is -0.720. The van der Waals surface area contributed by atoms with Gasteiger partial charge in [-0.1, -0.05) is 15.9 Å². The minimum Gasteiger partial charge on any atom is -0.484 e. The van der Waals surface area contributed by atoms with E-state index in [-0.39, 0.29) is 10.3 Å². The average molecular weight is 400 g/mol. The van der Waals surface area contributed by atoms with E-state index >= 15 is 0 Å². The number of fused-ring (bicyclic) bond motifs is 1. The Morgan fingerprint density at radius 3 is 2.78 bits per heavy atom. The molecular formula is C17H22BrNO3S. The SMILES string of the molecule is CC(C)(C)[S@@](=O)N=C1CC2(CCCOC2)Oc2ccc(Br)cc21. The molecule has 0 aliphatic carbocycles. The Balaban J connectivity index is 2.04. The second-order valence-corrected chi connectivity index (χ2v) is 9.98. The van der Waals surface area contributed by atoms with Gasteiger partial charge in [-0.3, -0.25) is 0 Å². The van der Waals surface area contributed by atoms with Crippen molar-refractivity contribution in [3.05, 3.63) is 28.2 Å². The van der Waals surface area contributed by atoms with Crippen LogP contribution in [0, 0.1) is 0 Å². The van der Waals surface area contributed by atoms with E-state index in [4.69, 9.17) is 9.47 Å². The van der Waals surface area contributed by atoms with Crippen LogP contribution in [-0.4, -0.2) is 33.5 Å². The summed E-state index contributed by atoms with van der Waals surface area (Å²) in [6.45, 7) is 7.15. The van der Waals surface area contributed by atoms with Crippen molar-refractivity contribution >= 4 is 32.6 Å². The molecule has 2 heterocycles. The van der Waals surface area contributed by atoms with Crippen molar-refractivity contribution in [2.45, 2.75) is 50.4 Å². The lowest BCUT2D eigenvalue weighted by Gasteiger charge is -2.41. The Kier molecular flexibility index (Phi) is 4.69. The molecule has 0 radical (unpaired) electrons. The molecule has 1 aromatic carbocycles. The second-order valence-electron chi connectivity index (χ2n) is 7.16. The van der Waals surface area contributed by atoms with Crippen LogP contribution in [0.3, 0.4) is 0 Å². The Morgan fingerprint density at radius 1 is 1.35 bits per heavy atom. The lowest BCUT2D eigenvalue weighted by atomic mass is 9.85. The van der Waals surface area contributed by atoms with Crippen LogP contribution >= 0.6 is 15.9 Å². The summed E-state index contributed by atoms with van der Waals surface area (Å²) in [6.07, 6.45) is 2.55. The molecule has 4 nitrogen and oxygen atoms in total. The molecule has 1 saturated heterocycles. The molecule has 2 aliphatic heterocycles. The number of benzene rings is 1. The first-order valence-corrected chi connectivity index (χ1v) is 9.75. The predicted molar refractivity (Wildman–Crippen MR) is 96.6 cm³/mol. The summed E-state index contributed by atoms with van der Waals surface area (Å²) in [7, 11) is -1.29. The van der Waals surface area contributed by atoms with E-state index in [0.717, 1.165) is 40.9 Å². The molecule has 6 heteroatoms. The third kappa shape index (κ3) is 3.69. The first-order chi connectivity index (χ1) is 10.8. The molecule has 1 aromatic rings. The Labute approximate surface area is 148 Å². The molecule has 2 aliphatic rings. The molecular weight excluding hydrogens is 378 g/mol. The lowest BCUT2D eigenvalue weighted by molar-refractivity contribution is -0.0660. The van der Waals surface area contributed by atoms with Gasteiger partial charge in [-0.2, -0.15) is 4.40 Å². The van der Waals surface area contributed by atoms with Gasteiger partial charge in [0.1, 0.15) is 22.3 Å². The van der Waals surface area contributed by atoms with Crippen molar-refractivity contribution in [3.63, 3.8) is 0 Å². The van der Waals surface area contributed by atoms with Crippen LogP contribution < -0.4 is 4.74 Å². The van der Waals surface area contributed by atoms with Crippen LogP contribution in [-0.2, 0) is 15.7 Å². The molecule has 0 aromatic heterocycles. The predicted octanol–water partition coefficient (Wildman–Crippen LogP) is 4.03. The maximum Gasteiger partial charge on any atom is 0.145 e. The summed E-state index contributed by atoms with van der Waals surface area (Å²) in [4.78, 5) is 0. The monoisotopic (exact) mass is 399 g/mol. The van der Waals surface area contributed by atoms with Gasteiger partial charge in [0.25, 0.3) is 0 Å². The average Bonchev–Trinajstić information content (AvgIpc) is 2.48. The zero-order valence-electron chi connectivity index (χ0n) is 13.7. The number of ether oxygens (including phenoxy) is 2. The number of hydrogen-bond acceptors (Lipinski definition) is 3. The normalized spacial score (nSPS) is 27.6. The molecule has 126 valence electrons. The van der Waals surface area contributed by atoms with E-state index in [1.54, 1.807) is 0 Å². The van der Waals surface area contributed by atoms with E-state index in [0.29, 0.717) is 13.0 Å². The number of halogens is 1. The van der Waals surface area contributed by atoms with Crippen LogP contribution in [0.4, 0.5) is 0 Å². The molecule has 1 fully saturated rings. The third-order valence-electron chi connectivity index (χ3n) is 4.07. The van der Waals surface area contributed by atoms with Crippen LogP contribution in [0.15, 0.2) is 27.1 Å². The van der Waals surface area contributed by atoms with Crippen molar-refractivity contribution in [1.29, 1.82) is 0 Å². The van der Waals surface area contributed by atoms with Crippen molar-refractivity contribution in [3.8, 4) is 5.75 Å². The molecule has 1 unspecified atom stereocenters. The van der Waals surface area contributed by atoms with Crippen LogP contribution in [0.2, 0.25) is 0 Å². The Bertz CT molecular complexity index is 660. The summed E-state index contributed by atoms with van der Waals surface area (Å²) in [5, 5.41) is 0. The largest absolute Gasteiger partial charge is 0.484 e. The van der Waals surface area contributed by atoms with E-state index < -0.39 is 11.0 Å². The van der Waals surface area contributed by atoms with E-state index in [2.05, 4.69) is 20.3 Å². The molecule has 0 amide bonds. The maximum absolute atomic E-state index is 12.5. The van der Waals surface area contributed by atoms with Crippen LogP contribution in [0.5, 0.6) is 5.75 Å². The molecule has 0 bridgehead atoms. The van der Waals surface area contributed by atoms with E-state index in [1.807, 2.05) is 39.0 Å². The van der Waals surface area contributed by atoms with Gasteiger partial charge in [-0.25, -0.2) is 4.21 Å². The van der Waals surface area contributed by atoms with Crippen molar-refractivity contribution in [2.75, 3.05) is 13.2 Å². The summed E-state index contributed by atoms with van der Waals surface area (Å²) in [6, 6.07) is 5.90. The van der Waals surface area contributed by atoms with Gasteiger partial charge >= 0.3 is 0 Å². The minimum absolute atomic E-state index is 0.375. The number of hydrogen-bond donors (Lipinski definition) is 0. The van der Waals surface area contributed by atoms with Crippen LogP contribution in [0.25, 0.3) is 0 Å². The maximum atomic E-state index is 12.5. The Morgan fingerprint density at radius 2 is 2.13 bits per heavy atom. The van der Waals surface area contributed by atoms with E-state index in [9.17, 15) is 4.21 Å². The quantitative estimate of drug-likeness (QED) is 0.715. The van der Waals surface area contributed by atoms with Gasteiger partial charge < -0.3 is 9.47 Å². The highest BCUT2D eigenvalue weighted by Crippen LogP contribution is 2.39. The number of rotatable bonds is 1. The highest BCUT2D eigenvalue weighted by atomic mass is 79.9. The second kappa shape index (κ2) is 6.30. The minimum atomic E-state index is -1.29. The van der Waals surface area contributed by atoms with E-state index in [1.165, 1.54) is 0 Å². The van der Waals surface area contributed by atoms with Crippen molar-refractivity contribution in [2.24, 2.45) is 4.40 Å². The zero-order chi connectivity index (χ0) is 16.7. The highest BCUT2D eigenvalue weighted by molar-refractivity contribution is 9.10. The summed E-state index contributed by atoms with van der Waals surface area (Å²) in [5.41, 5.74) is 1.40. The first kappa shape index (κ1) is 17.1. The van der Waals surface area contributed by atoms with Gasteiger partial charge in [0.2, 0.25) is 0 Å². The van der Waals surface area contributed by atoms with Crippen LogP contribution in [0.1, 0.15) is 45.6 Å². The fraction of sp³-hybridized carbons (Fsp3) is 0.588. The van der Waals surface area contributed by atoms with Gasteiger partial charge in [-0.05, 0) is 51.8 Å². The van der Waals surface area contributed by atoms with Gasteiger partial charge in [0, 0.05) is 23.1 Å².